The summed E-state index contributed by atoms with van der Waals surface area (Å²) in [6, 6.07) is 17.0. The van der Waals surface area contributed by atoms with Gasteiger partial charge >= 0.3 is 6.09 Å². The number of carbonyl (C=O) groups excluding carboxylic acids is 1. The van der Waals surface area contributed by atoms with E-state index in [2.05, 4.69) is 38.7 Å². The summed E-state index contributed by atoms with van der Waals surface area (Å²) in [5.74, 6) is 0.247. The maximum atomic E-state index is 12.5. The van der Waals surface area contributed by atoms with Crippen molar-refractivity contribution in [1.82, 2.24) is 14.5 Å². The Balaban J connectivity index is 1.47. The molecule has 1 aromatic heterocycles. The number of halogens is 1. The molecule has 1 fully saturated rings. The van der Waals surface area contributed by atoms with E-state index in [1.165, 1.54) is 5.56 Å². The van der Waals surface area contributed by atoms with Crippen molar-refractivity contribution in [2.45, 2.75) is 45.8 Å². The molecule has 1 atom stereocenters. The lowest BCUT2D eigenvalue weighted by Gasteiger charge is -2.33. The molecule has 6 nitrogen and oxygen atoms in total. The van der Waals surface area contributed by atoms with E-state index in [0.717, 1.165) is 34.9 Å². The van der Waals surface area contributed by atoms with Crippen LogP contribution in [-0.2, 0) is 11.3 Å². The van der Waals surface area contributed by atoms with Crippen molar-refractivity contribution in [3.63, 3.8) is 0 Å². The minimum atomic E-state index is -0.488. The van der Waals surface area contributed by atoms with Crippen molar-refractivity contribution in [2.24, 2.45) is 5.92 Å². The summed E-state index contributed by atoms with van der Waals surface area (Å²) in [5.41, 5.74) is 2.65. The number of carbonyl (C=O) groups is 1. The Morgan fingerprint density at radius 1 is 1.16 bits per heavy atom. The van der Waals surface area contributed by atoms with Crippen LogP contribution in [0.3, 0.4) is 0 Å². The molecule has 1 amide bonds. The molecule has 7 heteroatoms. The fourth-order valence-corrected chi connectivity index (χ4v) is 4.24. The number of hydrogen-bond acceptors (Lipinski definition) is 4. The van der Waals surface area contributed by atoms with Crippen LogP contribution in [0.1, 0.15) is 39.2 Å². The maximum absolute atomic E-state index is 12.5. The molecule has 0 aliphatic carbocycles. The molecule has 170 valence electrons. The summed E-state index contributed by atoms with van der Waals surface area (Å²) < 4.78 is 15.0. The number of rotatable bonds is 5. The highest BCUT2D eigenvalue weighted by atomic mass is 79.9. The first kappa shape index (κ1) is 22.6. The van der Waals surface area contributed by atoms with E-state index in [-0.39, 0.29) is 12.0 Å². The highest BCUT2D eigenvalue weighted by Crippen LogP contribution is 2.25. The van der Waals surface area contributed by atoms with Gasteiger partial charge in [0.05, 0.1) is 24.2 Å². The summed E-state index contributed by atoms with van der Waals surface area (Å²) in [5, 5.41) is 0. The van der Waals surface area contributed by atoms with Crippen molar-refractivity contribution < 1.29 is 14.3 Å². The first-order valence-electron chi connectivity index (χ1n) is 11.1. The normalized spacial score (nSPS) is 16.9. The third-order valence-corrected chi connectivity index (χ3v) is 6.02. The molecule has 0 saturated carbocycles. The van der Waals surface area contributed by atoms with Gasteiger partial charge in [-0.1, -0.05) is 40.2 Å². The fraction of sp³-hybridized carbons (Fsp3) is 0.440. The summed E-state index contributed by atoms with van der Waals surface area (Å²) in [4.78, 5) is 19.0. The molecule has 1 aliphatic heterocycles. The van der Waals surface area contributed by atoms with Gasteiger partial charge in [-0.3, -0.25) is 4.57 Å². The Bertz CT molecular complexity index is 1070. The van der Waals surface area contributed by atoms with E-state index < -0.39 is 5.60 Å². The topological polar surface area (TPSA) is 56.6 Å². The predicted octanol–water partition coefficient (Wildman–Crippen LogP) is 5.87. The third kappa shape index (κ3) is 5.63. The number of benzene rings is 2. The number of piperidine rings is 1. The zero-order chi connectivity index (χ0) is 22.7. The van der Waals surface area contributed by atoms with E-state index in [4.69, 9.17) is 14.5 Å². The number of fused-ring (bicyclic) bond motifs is 1. The van der Waals surface area contributed by atoms with Crippen molar-refractivity contribution in [2.75, 3.05) is 19.7 Å². The highest BCUT2D eigenvalue weighted by Gasteiger charge is 2.28. The Morgan fingerprint density at radius 2 is 1.91 bits per heavy atom. The summed E-state index contributed by atoms with van der Waals surface area (Å²) in [6.07, 6.45) is 1.72. The second-order valence-electron chi connectivity index (χ2n) is 9.34. The molecule has 1 unspecified atom stereocenters. The molecule has 32 heavy (non-hydrogen) atoms. The number of hydrogen-bond donors (Lipinski definition) is 0. The van der Waals surface area contributed by atoms with Crippen molar-refractivity contribution in [3.05, 3.63) is 58.6 Å². The second-order valence-corrected chi connectivity index (χ2v) is 10.3. The molecular weight excluding hydrogens is 470 g/mol. The molecular formula is C25H30BrN3O3. The van der Waals surface area contributed by atoms with Gasteiger partial charge in [-0.2, -0.15) is 4.98 Å². The number of nitrogens with zero attached hydrogens (tertiary/aromatic N) is 3. The van der Waals surface area contributed by atoms with Crippen LogP contribution in [0, 0.1) is 5.92 Å². The Kier molecular flexibility index (Phi) is 6.74. The molecule has 0 radical (unpaired) electrons. The monoisotopic (exact) mass is 499 g/mol. The number of likely N-dealkylation sites (tertiary alicyclic amines) is 1. The Morgan fingerprint density at radius 3 is 2.66 bits per heavy atom. The van der Waals surface area contributed by atoms with Crippen molar-refractivity contribution >= 4 is 33.1 Å². The molecule has 0 spiro atoms. The molecule has 2 heterocycles. The van der Waals surface area contributed by atoms with Crippen LogP contribution >= 0.6 is 15.9 Å². The quantitative estimate of drug-likeness (QED) is 0.440. The number of aromatic nitrogens is 2. The van der Waals surface area contributed by atoms with Crippen molar-refractivity contribution in [1.29, 1.82) is 0 Å². The average molecular weight is 500 g/mol. The second kappa shape index (κ2) is 9.53. The van der Waals surface area contributed by atoms with Gasteiger partial charge in [0.1, 0.15) is 5.60 Å². The maximum Gasteiger partial charge on any atom is 0.410 e. The number of amides is 1. The number of imidazole rings is 1. The van der Waals surface area contributed by atoms with Crippen LogP contribution in [0.5, 0.6) is 6.01 Å². The molecule has 1 aliphatic rings. The Labute approximate surface area is 197 Å². The lowest BCUT2D eigenvalue weighted by molar-refractivity contribution is 0.0136. The van der Waals surface area contributed by atoms with Gasteiger partial charge in [0.2, 0.25) is 0 Å². The van der Waals surface area contributed by atoms with E-state index >= 15 is 0 Å². The molecule has 3 aromatic rings. The van der Waals surface area contributed by atoms with Gasteiger partial charge in [-0.05, 0) is 63.4 Å². The van der Waals surface area contributed by atoms with Crippen LogP contribution in [0.2, 0.25) is 0 Å². The SMILES string of the molecule is CC(C)(C)OC(=O)N1CCCC(COc2nc3ccccc3n2Cc2ccc(Br)cc2)C1. The summed E-state index contributed by atoms with van der Waals surface area (Å²) in [7, 11) is 0. The lowest BCUT2D eigenvalue weighted by Crippen LogP contribution is -2.44. The first-order valence-corrected chi connectivity index (χ1v) is 11.9. The third-order valence-electron chi connectivity index (χ3n) is 5.49. The van der Waals surface area contributed by atoms with Crippen LogP contribution in [0.4, 0.5) is 4.79 Å². The van der Waals surface area contributed by atoms with Gasteiger partial charge in [0, 0.05) is 23.5 Å². The van der Waals surface area contributed by atoms with E-state index in [9.17, 15) is 4.79 Å². The van der Waals surface area contributed by atoms with E-state index in [0.29, 0.717) is 25.7 Å². The highest BCUT2D eigenvalue weighted by molar-refractivity contribution is 9.10. The van der Waals surface area contributed by atoms with Crippen molar-refractivity contribution in [3.8, 4) is 6.01 Å². The predicted molar refractivity (Wildman–Crippen MR) is 129 cm³/mol. The van der Waals surface area contributed by atoms with E-state index in [1.54, 1.807) is 4.90 Å². The van der Waals surface area contributed by atoms with Gasteiger partial charge < -0.3 is 14.4 Å². The van der Waals surface area contributed by atoms with Gasteiger partial charge in [-0.25, -0.2) is 4.79 Å². The summed E-state index contributed by atoms with van der Waals surface area (Å²) >= 11 is 3.50. The minimum Gasteiger partial charge on any atom is -0.464 e. The molecule has 0 N–H and O–H groups in total. The minimum absolute atomic E-state index is 0.246. The zero-order valence-corrected chi connectivity index (χ0v) is 20.5. The largest absolute Gasteiger partial charge is 0.464 e. The van der Waals surface area contributed by atoms with Gasteiger partial charge in [0.15, 0.2) is 0 Å². The van der Waals surface area contributed by atoms with Gasteiger partial charge in [-0.15, -0.1) is 0 Å². The summed E-state index contributed by atoms with van der Waals surface area (Å²) in [6.45, 7) is 8.25. The van der Waals surface area contributed by atoms with Crippen LogP contribution in [0.25, 0.3) is 11.0 Å². The van der Waals surface area contributed by atoms with Crippen LogP contribution in [-0.4, -0.2) is 45.8 Å². The van der Waals surface area contributed by atoms with E-state index in [1.807, 2.05) is 51.1 Å². The van der Waals surface area contributed by atoms with Crippen LogP contribution in [0.15, 0.2) is 53.0 Å². The standard InChI is InChI=1S/C25H30BrN3O3/c1-25(2,3)32-24(30)28-14-6-7-19(15-28)17-31-23-27-21-8-4-5-9-22(21)29(23)16-18-10-12-20(26)13-11-18/h4-5,8-13,19H,6-7,14-17H2,1-3H3. The fourth-order valence-electron chi connectivity index (χ4n) is 3.97. The zero-order valence-electron chi connectivity index (χ0n) is 18.9. The van der Waals surface area contributed by atoms with Crippen LogP contribution < -0.4 is 4.74 Å². The number of ether oxygens (including phenoxy) is 2. The molecule has 2 aromatic carbocycles. The molecule has 0 bridgehead atoms. The molecule has 1 saturated heterocycles. The molecule has 4 rings (SSSR count). The average Bonchev–Trinajstić information content (AvgIpc) is 3.10. The Hall–Kier alpha value is -2.54. The first-order chi connectivity index (χ1) is 15.3. The van der Waals surface area contributed by atoms with Gasteiger partial charge in [0.25, 0.3) is 6.01 Å². The number of para-hydroxylation sites is 2. The lowest BCUT2D eigenvalue weighted by atomic mass is 9.99. The smallest absolute Gasteiger partial charge is 0.410 e.